The molecule has 3 nitrogen and oxygen atoms in total. The molecular formula is C12H13Cl2NO2. The van der Waals surface area contributed by atoms with Crippen molar-refractivity contribution in [1.29, 1.82) is 0 Å². The number of rotatable bonds is 3. The molecule has 5 heteroatoms. The van der Waals surface area contributed by atoms with Gasteiger partial charge in [0.15, 0.2) is 5.75 Å². The van der Waals surface area contributed by atoms with Crippen LogP contribution in [0.2, 0.25) is 5.02 Å². The Hall–Kier alpha value is -0.930. The summed E-state index contributed by atoms with van der Waals surface area (Å²) in [5.74, 6) is 1.30. The van der Waals surface area contributed by atoms with Crippen molar-refractivity contribution in [2.45, 2.75) is 6.42 Å². The number of para-hydroxylation sites is 1. The predicted molar refractivity (Wildman–Crippen MR) is 69.2 cm³/mol. The highest BCUT2D eigenvalue weighted by atomic mass is 35.5. The van der Waals surface area contributed by atoms with Crippen LogP contribution in [-0.2, 0) is 4.79 Å². The number of benzene rings is 1. The molecule has 0 radical (unpaired) electrons. The molecule has 1 aliphatic rings. The second-order valence-corrected chi connectivity index (χ2v) is 4.74. The number of ether oxygens (including phenoxy) is 1. The first-order valence-electron chi connectivity index (χ1n) is 5.36. The number of methoxy groups -OCH3 is 1. The Balaban J connectivity index is 2.34. The van der Waals surface area contributed by atoms with Crippen LogP contribution in [0.25, 0.3) is 0 Å². The number of carbonyl (C=O) groups is 1. The van der Waals surface area contributed by atoms with E-state index in [9.17, 15) is 4.79 Å². The highest BCUT2D eigenvalue weighted by Gasteiger charge is 2.31. The fourth-order valence-corrected chi connectivity index (χ4v) is 2.48. The van der Waals surface area contributed by atoms with Crippen molar-refractivity contribution in [3.05, 3.63) is 23.2 Å². The zero-order valence-corrected chi connectivity index (χ0v) is 11.0. The Morgan fingerprint density at radius 1 is 1.53 bits per heavy atom. The minimum absolute atomic E-state index is 0.0659. The Morgan fingerprint density at radius 3 is 2.88 bits per heavy atom. The molecule has 92 valence electrons. The van der Waals surface area contributed by atoms with Crippen molar-refractivity contribution < 1.29 is 9.53 Å². The van der Waals surface area contributed by atoms with Crippen LogP contribution in [0.1, 0.15) is 6.42 Å². The third-order valence-electron chi connectivity index (χ3n) is 2.86. The van der Waals surface area contributed by atoms with Crippen molar-refractivity contribution in [3.63, 3.8) is 0 Å². The van der Waals surface area contributed by atoms with Crippen LogP contribution < -0.4 is 9.64 Å². The van der Waals surface area contributed by atoms with Gasteiger partial charge in [0.1, 0.15) is 0 Å². The van der Waals surface area contributed by atoms with Gasteiger partial charge >= 0.3 is 0 Å². The molecule has 1 amide bonds. The van der Waals surface area contributed by atoms with Gasteiger partial charge in [-0.1, -0.05) is 17.7 Å². The number of nitrogens with zero attached hydrogens (tertiary/aromatic N) is 1. The normalized spacial score (nSPS) is 19.8. The van der Waals surface area contributed by atoms with Crippen molar-refractivity contribution in [2.24, 2.45) is 5.92 Å². The maximum atomic E-state index is 11.9. The summed E-state index contributed by atoms with van der Waals surface area (Å²) in [4.78, 5) is 13.6. The van der Waals surface area contributed by atoms with Gasteiger partial charge < -0.3 is 9.64 Å². The van der Waals surface area contributed by atoms with Gasteiger partial charge in [-0.25, -0.2) is 0 Å². The zero-order chi connectivity index (χ0) is 12.4. The molecule has 1 saturated heterocycles. The molecule has 2 rings (SSSR count). The van der Waals surface area contributed by atoms with E-state index >= 15 is 0 Å². The standard InChI is InChI=1S/C12H13Cl2NO2/c1-17-12-9(14)3-2-4-10(12)15-7-8(6-13)5-11(15)16/h2-4,8H,5-7H2,1H3. The van der Waals surface area contributed by atoms with Gasteiger partial charge in [-0.05, 0) is 18.1 Å². The first-order chi connectivity index (χ1) is 8.17. The lowest BCUT2D eigenvalue weighted by Gasteiger charge is -2.20. The van der Waals surface area contributed by atoms with Gasteiger partial charge in [-0.15, -0.1) is 11.6 Å². The average Bonchev–Trinajstić information content (AvgIpc) is 2.70. The molecule has 1 heterocycles. The Bertz CT molecular complexity index is 437. The Kier molecular flexibility index (Phi) is 3.79. The number of anilines is 1. The largest absolute Gasteiger partial charge is 0.493 e. The fraction of sp³-hybridized carbons (Fsp3) is 0.417. The van der Waals surface area contributed by atoms with Crippen LogP contribution in [0.3, 0.4) is 0 Å². The van der Waals surface area contributed by atoms with Crippen LogP contribution >= 0.6 is 23.2 Å². The van der Waals surface area contributed by atoms with Crippen LogP contribution in [0.15, 0.2) is 18.2 Å². The summed E-state index contributed by atoms with van der Waals surface area (Å²) in [6.07, 6.45) is 0.485. The molecule has 1 aromatic carbocycles. The minimum Gasteiger partial charge on any atom is -0.493 e. The second-order valence-electron chi connectivity index (χ2n) is 4.02. The molecule has 1 unspecified atom stereocenters. The number of hydrogen-bond acceptors (Lipinski definition) is 2. The van der Waals surface area contributed by atoms with E-state index in [1.807, 2.05) is 12.1 Å². The van der Waals surface area contributed by atoms with Crippen LogP contribution in [0.4, 0.5) is 5.69 Å². The summed E-state index contributed by atoms with van der Waals surface area (Å²) in [5, 5.41) is 0.507. The number of carbonyl (C=O) groups excluding carboxylic acids is 1. The summed E-state index contributed by atoms with van der Waals surface area (Å²) in [6, 6.07) is 5.38. The summed E-state index contributed by atoms with van der Waals surface area (Å²) >= 11 is 11.8. The molecule has 1 aromatic rings. The number of alkyl halides is 1. The highest BCUT2D eigenvalue weighted by molar-refractivity contribution is 6.32. The molecule has 0 spiro atoms. The molecular weight excluding hydrogens is 261 g/mol. The van der Waals surface area contributed by atoms with Crippen molar-refractivity contribution in [3.8, 4) is 5.75 Å². The third kappa shape index (κ3) is 2.35. The summed E-state index contributed by atoms with van der Waals surface area (Å²) < 4.78 is 5.25. The van der Waals surface area contributed by atoms with E-state index in [1.165, 1.54) is 0 Å². The van der Waals surface area contributed by atoms with Gasteiger partial charge in [0, 0.05) is 18.8 Å². The van der Waals surface area contributed by atoms with E-state index in [2.05, 4.69) is 0 Å². The molecule has 0 saturated carbocycles. The van der Waals surface area contributed by atoms with E-state index in [0.717, 1.165) is 5.69 Å². The second kappa shape index (κ2) is 5.15. The van der Waals surface area contributed by atoms with Crippen molar-refractivity contribution >= 4 is 34.8 Å². The Labute approximate surface area is 110 Å². The lowest BCUT2D eigenvalue weighted by molar-refractivity contribution is -0.117. The van der Waals surface area contributed by atoms with E-state index in [0.29, 0.717) is 29.6 Å². The zero-order valence-electron chi connectivity index (χ0n) is 9.45. The van der Waals surface area contributed by atoms with Crippen molar-refractivity contribution in [1.82, 2.24) is 0 Å². The SMILES string of the molecule is COc1c(Cl)cccc1N1CC(CCl)CC1=O. The molecule has 0 N–H and O–H groups in total. The molecule has 0 aliphatic carbocycles. The summed E-state index contributed by atoms with van der Waals surface area (Å²) in [6.45, 7) is 0.624. The lowest BCUT2D eigenvalue weighted by Crippen LogP contribution is -2.25. The van der Waals surface area contributed by atoms with Gasteiger partial charge in [0.2, 0.25) is 5.91 Å². The molecule has 17 heavy (non-hydrogen) atoms. The molecule has 1 aliphatic heterocycles. The predicted octanol–water partition coefficient (Wildman–Crippen LogP) is 2.94. The van der Waals surface area contributed by atoms with Gasteiger partial charge in [-0.3, -0.25) is 4.79 Å². The molecule has 1 atom stereocenters. The number of hydrogen-bond donors (Lipinski definition) is 0. The smallest absolute Gasteiger partial charge is 0.227 e. The average molecular weight is 274 g/mol. The summed E-state index contributed by atoms with van der Waals surface area (Å²) in [5.41, 5.74) is 0.720. The summed E-state index contributed by atoms with van der Waals surface area (Å²) in [7, 11) is 1.55. The quantitative estimate of drug-likeness (QED) is 0.793. The highest BCUT2D eigenvalue weighted by Crippen LogP contribution is 2.38. The van der Waals surface area contributed by atoms with Crippen molar-refractivity contribution in [2.75, 3.05) is 24.4 Å². The lowest BCUT2D eigenvalue weighted by atomic mass is 10.1. The fourth-order valence-electron chi connectivity index (χ4n) is 2.03. The van der Waals surface area contributed by atoms with Crippen LogP contribution in [0, 0.1) is 5.92 Å². The minimum atomic E-state index is 0.0659. The van der Waals surface area contributed by atoms with Gasteiger partial charge in [0.05, 0.1) is 17.8 Å². The number of halogens is 2. The first-order valence-corrected chi connectivity index (χ1v) is 6.27. The molecule has 0 aromatic heterocycles. The number of amides is 1. The van der Waals surface area contributed by atoms with E-state index in [4.69, 9.17) is 27.9 Å². The van der Waals surface area contributed by atoms with Crippen LogP contribution in [0.5, 0.6) is 5.75 Å². The van der Waals surface area contributed by atoms with Gasteiger partial charge in [0.25, 0.3) is 0 Å². The maximum Gasteiger partial charge on any atom is 0.227 e. The van der Waals surface area contributed by atoms with E-state index in [1.54, 1.807) is 18.1 Å². The Morgan fingerprint density at radius 2 is 2.29 bits per heavy atom. The molecule has 1 fully saturated rings. The topological polar surface area (TPSA) is 29.5 Å². The monoisotopic (exact) mass is 273 g/mol. The third-order valence-corrected chi connectivity index (χ3v) is 3.60. The first kappa shape index (κ1) is 12.5. The van der Waals surface area contributed by atoms with E-state index in [-0.39, 0.29) is 11.8 Å². The van der Waals surface area contributed by atoms with Gasteiger partial charge in [-0.2, -0.15) is 0 Å². The maximum absolute atomic E-state index is 11.9. The van der Waals surface area contributed by atoms with Crippen LogP contribution in [-0.4, -0.2) is 25.4 Å². The van der Waals surface area contributed by atoms with E-state index < -0.39 is 0 Å². The molecule has 0 bridgehead atoms.